The second-order valence-corrected chi connectivity index (χ2v) is 4.47. The van der Waals surface area contributed by atoms with Crippen LogP contribution in [0, 0.1) is 18.6 Å². The van der Waals surface area contributed by atoms with Gasteiger partial charge in [0, 0.05) is 11.6 Å². The van der Waals surface area contributed by atoms with Crippen LogP contribution in [0.3, 0.4) is 0 Å². The summed E-state index contributed by atoms with van der Waals surface area (Å²) in [4.78, 5) is 0. The van der Waals surface area contributed by atoms with Crippen LogP contribution in [-0.4, -0.2) is 0 Å². The average Bonchev–Trinajstić information content (AvgIpc) is 2.36. The van der Waals surface area contributed by atoms with Crippen LogP contribution in [0.4, 0.5) is 8.78 Å². The van der Waals surface area contributed by atoms with E-state index in [0.29, 0.717) is 21.7 Å². The van der Waals surface area contributed by atoms with Crippen molar-refractivity contribution in [1.82, 2.24) is 0 Å². The molecule has 0 radical (unpaired) electrons. The maximum absolute atomic E-state index is 14.0. The Hall–Kier alpha value is -1.45. The Morgan fingerprint density at radius 3 is 2.56 bits per heavy atom. The summed E-state index contributed by atoms with van der Waals surface area (Å²) >= 11 is 5.93. The van der Waals surface area contributed by atoms with Crippen molar-refractivity contribution in [1.29, 1.82) is 0 Å². The summed E-state index contributed by atoms with van der Waals surface area (Å²) in [6.45, 7) is 1.82. The van der Waals surface area contributed by atoms with E-state index < -0.39 is 11.6 Å². The van der Waals surface area contributed by atoms with Gasteiger partial charge in [-0.15, -0.1) is 0 Å². The molecule has 0 aliphatic rings. The molecule has 4 heteroatoms. The van der Waals surface area contributed by atoms with Gasteiger partial charge in [-0.2, -0.15) is 0 Å². The molecule has 0 saturated carbocycles. The zero-order valence-corrected chi connectivity index (χ0v) is 10.6. The molecule has 0 fully saturated rings. The van der Waals surface area contributed by atoms with E-state index in [1.54, 1.807) is 25.1 Å². The van der Waals surface area contributed by atoms with E-state index in [0.717, 1.165) is 0 Å². The molecule has 0 amide bonds. The first-order valence-corrected chi connectivity index (χ1v) is 5.86. The quantitative estimate of drug-likeness (QED) is 0.873. The summed E-state index contributed by atoms with van der Waals surface area (Å²) in [6, 6.07) is 7.46. The minimum absolute atomic E-state index is 0.0404. The van der Waals surface area contributed by atoms with Gasteiger partial charge in [-0.1, -0.05) is 23.7 Å². The minimum Gasteiger partial charge on any atom is -0.326 e. The Morgan fingerprint density at radius 2 is 1.89 bits per heavy atom. The highest BCUT2D eigenvalue weighted by molar-refractivity contribution is 6.31. The van der Waals surface area contributed by atoms with Gasteiger partial charge in [0.25, 0.3) is 0 Å². The molecule has 94 valence electrons. The van der Waals surface area contributed by atoms with Crippen molar-refractivity contribution in [3.05, 3.63) is 58.1 Å². The maximum atomic E-state index is 14.0. The zero-order chi connectivity index (χ0) is 13.3. The number of halogens is 3. The monoisotopic (exact) mass is 267 g/mol. The van der Waals surface area contributed by atoms with Crippen molar-refractivity contribution in [3.63, 3.8) is 0 Å². The van der Waals surface area contributed by atoms with Crippen LogP contribution in [0.5, 0.6) is 0 Å². The smallest absolute Gasteiger partial charge is 0.136 e. The lowest BCUT2D eigenvalue weighted by Gasteiger charge is -2.10. The van der Waals surface area contributed by atoms with Crippen LogP contribution in [0.15, 0.2) is 30.3 Å². The topological polar surface area (TPSA) is 26.0 Å². The van der Waals surface area contributed by atoms with Gasteiger partial charge in [-0.3, -0.25) is 0 Å². The molecule has 0 aliphatic carbocycles. The fourth-order valence-corrected chi connectivity index (χ4v) is 2.00. The van der Waals surface area contributed by atoms with Crippen molar-refractivity contribution in [2.45, 2.75) is 13.5 Å². The van der Waals surface area contributed by atoms with Crippen molar-refractivity contribution in [2.75, 3.05) is 0 Å². The summed E-state index contributed by atoms with van der Waals surface area (Å²) in [5, 5.41) is 0.495. The van der Waals surface area contributed by atoms with E-state index in [4.69, 9.17) is 17.3 Å². The van der Waals surface area contributed by atoms with Gasteiger partial charge in [0.2, 0.25) is 0 Å². The molecule has 0 aliphatic heterocycles. The van der Waals surface area contributed by atoms with Crippen LogP contribution >= 0.6 is 11.6 Å². The standard InChI is InChI=1S/C14H12ClF2N/c1-8-2-5-12(16)13(14(8)17)9-3-4-11(15)10(6-9)7-18/h2-6H,7,18H2,1H3. The Bertz CT molecular complexity index is 597. The lowest BCUT2D eigenvalue weighted by atomic mass is 10.00. The first-order chi connectivity index (χ1) is 8.54. The van der Waals surface area contributed by atoms with E-state index in [9.17, 15) is 8.78 Å². The summed E-state index contributed by atoms with van der Waals surface area (Å²) in [5.74, 6) is -1.15. The van der Waals surface area contributed by atoms with Gasteiger partial charge >= 0.3 is 0 Å². The molecule has 0 atom stereocenters. The first-order valence-electron chi connectivity index (χ1n) is 5.48. The van der Waals surface area contributed by atoms with E-state index in [-0.39, 0.29) is 12.1 Å². The third-order valence-corrected chi connectivity index (χ3v) is 3.21. The van der Waals surface area contributed by atoms with Gasteiger partial charge in [-0.25, -0.2) is 8.78 Å². The van der Waals surface area contributed by atoms with Crippen molar-refractivity contribution in [2.24, 2.45) is 5.73 Å². The fourth-order valence-electron chi connectivity index (χ4n) is 1.81. The van der Waals surface area contributed by atoms with Gasteiger partial charge in [0.15, 0.2) is 0 Å². The zero-order valence-electron chi connectivity index (χ0n) is 9.81. The highest BCUT2D eigenvalue weighted by atomic mass is 35.5. The molecule has 0 unspecified atom stereocenters. The SMILES string of the molecule is Cc1ccc(F)c(-c2ccc(Cl)c(CN)c2)c1F. The maximum Gasteiger partial charge on any atom is 0.136 e. The molecule has 0 aromatic heterocycles. The average molecular weight is 268 g/mol. The summed E-state index contributed by atoms with van der Waals surface area (Å²) < 4.78 is 27.7. The highest BCUT2D eigenvalue weighted by Crippen LogP contribution is 2.30. The molecule has 2 aromatic carbocycles. The van der Waals surface area contributed by atoms with Crippen LogP contribution in [0.2, 0.25) is 5.02 Å². The Morgan fingerprint density at radius 1 is 1.17 bits per heavy atom. The highest BCUT2D eigenvalue weighted by Gasteiger charge is 2.14. The molecule has 0 spiro atoms. The number of rotatable bonds is 2. The van der Waals surface area contributed by atoms with Crippen molar-refractivity contribution >= 4 is 11.6 Å². The van der Waals surface area contributed by atoms with Crippen molar-refractivity contribution < 1.29 is 8.78 Å². The normalized spacial score (nSPS) is 10.7. The Kier molecular flexibility index (Phi) is 3.64. The predicted octanol–water partition coefficient (Wildman–Crippen LogP) is 4.05. The number of hydrogen-bond donors (Lipinski definition) is 1. The van der Waals surface area contributed by atoms with Gasteiger partial charge in [0.1, 0.15) is 11.6 Å². The molecule has 0 bridgehead atoms. The lowest BCUT2D eigenvalue weighted by molar-refractivity contribution is 0.583. The number of aryl methyl sites for hydroxylation is 1. The third kappa shape index (κ3) is 2.24. The number of hydrogen-bond acceptors (Lipinski definition) is 1. The largest absolute Gasteiger partial charge is 0.326 e. The van der Waals surface area contributed by atoms with E-state index >= 15 is 0 Å². The van der Waals surface area contributed by atoms with Crippen molar-refractivity contribution in [3.8, 4) is 11.1 Å². The van der Waals surface area contributed by atoms with Crippen LogP contribution in [0.25, 0.3) is 11.1 Å². The molecule has 2 aromatic rings. The molecule has 2 N–H and O–H groups in total. The van der Waals surface area contributed by atoms with Gasteiger partial charge in [0.05, 0.1) is 5.56 Å². The van der Waals surface area contributed by atoms with Gasteiger partial charge in [-0.05, 0) is 41.8 Å². The van der Waals surface area contributed by atoms with E-state index in [1.807, 2.05) is 0 Å². The Labute approximate surface area is 109 Å². The molecule has 2 rings (SSSR count). The minimum atomic E-state index is -0.594. The van der Waals surface area contributed by atoms with E-state index in [1.165, 1.54) is 12.1 Å². The second-order valence-electron chi connectivity index (χ2n) is 4.06. The molecule has 18 heavy (non-hydrogen) atoms. The summed E-state index contributed by atoms with van der Waals surface area (Å²) in [6.07, 6.45) is 0. The van der Waals surface area contributed by atoms with Crippen LogP contribution in [0.1, 0.15) is 11.1 Å². The summed E-state index contributed by atoms with van der Waals surface area (Å²) in [5.41, 5.74) is 6.99. The second kappa shape index (κ2) is 5.04. The molecule has 1 nitrogen and oxygen atoms in total. The fraction of sp³-hybridized carbons (Fsp3) is 0.143. The summed E-state index contributed by atoms with van der Waals surface area (Å²) in [7, 11) is 0. The molecular formula is C14H12ClF2N. The molecular weight excluding hydrogens is 256 g/mol. The predicted molar refractivity (Wildman–Crippen MR) is 69.4 cm³/mol. The number of nitrogens with two attached hydrogens (primary N) is 1. The van der Waals surface area contributed by atoms with Gasteiger partial charge < -0.3 is 5.73 Å². The number of benzene rings is 2. The third-order valence-electron chi connectivity index (χ3n) is 2.84. The lowest BCUT2D eigenvalue weighted by Crippen LogP contribution is -1.99. The molecule has 0 heterocycles. The van der Waals surface area contributed by atoms with E-state index in [2.05, 4.69) is 0 Å². The molecule has 0 saturated heterocycles. The van der Waals surface area contributed by atoms with Crippen LogP contribution < -0.4 is 5.73 Å². The van der Waals surface area contributed by atoms with Crippen LogP contribution in [-0.2, 0) is 6.54 Å². The Balaban J connectivity index is 2.65. The first kappa shape index (κ1) is 13.0.